The van der Waals surface area contributed by atoms with Gasteiger partial charge in [0.25, 0.3) is 11.5 Å². The number of nitrogens with zero attached hydrogens (tertiary/aromatic N) is 3. The summed E-state index contributed by atoms with van der Waals surface area (Å²) >= 11 is 1.57. The topological polar surface area (TPSA) is 69.3 Å². The largest absolute Gasteiger partial charge is 0.336 e. The fourth-order valence-electron chi connectivity index (χ4n) is 4.54. The number of thiophene rings is 1. The number of piperazine rings is 1. The zero-order valence-corrected chi connectivity index (χ0v) is 19.3. The van der Waals surface area contributed by atoms with E-state index in [1.165, 1.54) is 0 Å². The molecule has 1 amide bonds. The maximum absolute atomic E-state index is 13.2. The molecule has 0 aliphatic carbocycles. The molecular formula is C25H26N4O2S. The maximum atomic E-state index is 13.2. The Labute approximate surface area is 190 Å². The number of rotatable bonds is 3. The first-order chi connectivity index (χ1) is 15.4. The second-order valence-electron chi connectivity index (χ2n) is 8.45. The van der Waals surface area contributed by atoms with E-state index in [1.807, 2.05) is 61.2 Å². The summed E-state index contributed by atoms with van der Waals surface area (Å²) in [7, 11) is 0. The molecule has 3 heterocycles. The molecule has 0 spiro atoms. The maximum Gasteiger partial charge on any atom is 0.259 e. The van der Waals surface area contributed by atoms with Crippen LogP contribution in [0, 0.1) is 13.8 Å². The van der Waals surface area contributed by atoms with Crippen LogP contribution in [0.25, 0.3) is 21.0 Å². The Morgan fingerprint density at radius 3 is 2.56 bits per heavy atom. The Morgan fingerprint density at radius 2 is 1.78 bits per heavy atom. The van der Waals surface area contributed by atoms with Crippen molar-refractivity contribution in [2.45, 2.75) is 26.8 Å². The van der Waals surface area contributed by atoms with E-state index in [9.17, 15) is 9.59 Å². The van der Waals surface area contributed by atoms with Gasteiger partial charge in [-0.05, 0) is 43.2 Å². The number of hydrogen-bond acceptors (Lipinski definition) is 5. The number of carbonyl (C=O) groups excluding carboxylic acids is 1. The van der Waals surface area contributed by atoms with Crippen LogP contribution in [0.2, 0.25) is 0 Å². The SMILES string of the molecule is Cc1sc2nc([C@H](C)N3CCN(C(=O)c4cccc5ccccc45)CC3)[nH]c(=O)c2c1C. The summed E-state index contributed by atoms with van der Waals surface area (Å²) < 4.78 is 0. The highest BCUT2D eigenvalue weighted by Crippen LogP contribution is 2.28. The number of amides is 1. The zero-order valence-electron chi connectivity index (χ0n) is 18.5. The van der Waals surface area contributed by atoms with E-state index in [4.69, 9.17) is 4.98 Å². The minimum atomic E-state index is -0.0662. The van der Waals surface area contributed by atoms with Gasteiger partial charge in [-0.15, -0.1) is 11.3 Å². The van der Waals surface area contributed by atoms with Gasteiger partial charge in [-0.2, -0.15) is 0 Å². The van der Waals surface area contributed by atoms with Gasteiger partial charge in [0.05, 0.1) is 11.4 Å². The van der Waals surface area contributed by atoms with Gasteiger partial charge in [-0.25, -0.2) is 4.98 Å². The molecule has 1 aliphatic heterocycles. The summed E-state index contributed by atoms with van der Waals surface area (Å²) in [4.78, 5) is 39.8. The third kappa shape index (κ3) is 3.51. The molecule has 6 nitrogen and oxygen atoms in total. The lowest BCUT2D eigenvalue weighted by Gasteiger charge is -2.37. The van der Waals surface area contributed by atoms with Gasteiger partial charge >= 0.3 is 0 Å². The molecule has 1 fully saturated rings. The third-order valence-corrected chi connectivity index (χ3v) is 7.72. The fourth-order valence-corrected chi connectivity index (χ4v) is 5.57. The first-order valence-electron chi connectivity index (χ1n) is 10.9. The molecule has 5 rings (SSSR count). The molecule has 1 aliphatic rings. The normalized spacial score (nSPS) is 16.0. The number of nitrogens with one attached hydrogen (secondary N) is 1. The van der Waals surface area contributed by atoms with Crippen molar-refractivity contribution in [1.82, 2.24) is 19.8 Å². The summed E-state index contributed by atoms with van der Waals surface area (Å²) in [5.74, 6) is 0.768. The highest BCUT2D eigenvalue weighted by Gasteiger charge is 2.27. The number of hydrogen-bond donors (Lipinski definition) is 1. The molecule has 0 radical (unpaired) electrons. The lowest BCUT2D eigenvalue weighted by Crippen LogP contribution is -2.49. The van der Waals surface area contributed by atoms with E-state index in [2.05, 4.69) is 16.8 Å². The van der Waals surface area contributed by atoms with Crippen molar-refractivity contribution in [3.05, 3.63) is 74.6 Å². The van der Waals surface area contributed by atoms with E-state index >= 15 is 0 Å². The number of aromatic nitrogens is 2. The minimum Gasteiger partial charge on any atom is -0.336 e. The molecular weight excluding hydrogens is 420 g/mol. The molecule has 7 heteroatoms. The summed E-state index contributed by atoms with van der Waals surface area (Å²) in [5, 5.41) is 2.77. The minimum absolute atomic E-state index is 0.0235. The number of benzene rings is 2. The number of carbonyl (C=O) groups is 1. The quantitative estimate of drug-likeness (QED) is 0.510. The zero-order chi connectivity index (χ0) is 22.4. The average molecular weight is 447 g/mol. The fraction of sp³-hybridized carbons (Fsp3) is 0.320. The molecule has 2 aromatic carbocycles. The van der Waals surface area contributed by atoms with Gasteiger partial charge < -0.3 is 9.88 Å². The highest BCUT2D eigenvalue weighted by atomic mass is 32.1. The van der Waals surface area contributed by atoms with Gasteiger partial charge in [-0.1, -0.05) is 36.4 Å². The van der Waals surface area contributed by atoms with Gasteiger partial charge in [0.2, 0.25) is 0 Å². The van der Waals surface area contributed by atoms with Crippen LogP contribution in [0.3, 0.4) is 0 Å². The van der Waals surface area contributed by atoms with Crippen LogP contribution in [0.15, 0.2) is 47.3 Å². The van der Waals surface area contributed by atoms with Crippen LogP contribution in [-0.2, 0) is 0 Å². The smallest absolute Gasteiger partial charge is 0.259 e. The highest BCUT2D eigenvalue weighted by molar-refractivity contribution is 7.18. The Bertz CT molecular complexity index is 1380. The number of aromatic amines is 1. The molecule has 4 aromatic rings. The van der Waals surface area contributed by atoms with E-state index in [0.717, 1.165) is 44.7 Å². The second kappa shape index (κ2) is 8.15. The third-order valence-electron chi connectivity index (χ3n) is 6.62. The number of fused-ring (bicyclic) bond motifs is 2. The summed E-state index contributed by atoms with van der Waals surface area (Å²) in [6, 6.07) is 13.9. The average Bonchev–Trinajstić information content (AvgIpc) is 3.11. The van der Waals surface area contributed by atoms with Crippen LogP contribution in [0.5, 0.6) is 0 Å². The van der Waals surface area contributed by atoms with Crippen LogP contribution in [0.1, 0.15) is 39.6 Å². The second-order valence-corrected chi connectivity index (χ2v) is 9.65. The first kappa shape index (κ1) is 20.8. The van der Waals surface area contributed by atoms with Crippen molar-refractivity contribution in [1.29, 1.82) is 0 Å². The van der Waals surface area contributed by atoms with Gasteiger partial charge in [0, 0.05) is 36.6 Å². The Morgan fingerprint density at radius 1 is 1.06 bits per heavy atom. The van der Waals surface area contributed by atoms with Crippen LogP contribution < -0.4 is 5.56 Å². The predicted octanol–water partition coefficient (Wildman–Crippen LogP) is 4.27. The van der Waals surface area contributed by atoms with Crippen molar-refractivity contribution in [2.24, 2.45) is 0 Å². The summed E-state index contributed by atoms with van der Waals surface area (Å²) in [5.41, 5.74) is 1.70. The number of H-pyrrole nitrogens is 1. The summed E-state index contributed by atoms with van der Waals surface area (Å²) in [6.07, 6.45) is 0. The van der Waals surface area contributed by atoms with Crippen LogP contribution in [0.4, 0.5) is 0 Å². The molecule has 0 unspecified atom stereocenters. The molecule has 32 heavy (non-hydrogen) atoms. The van der Waals surface area contributed by atoms with E-state index in [1.54, 1.807) is 11.3 Å². The molecule has 0 saturated carbocycles. The molecule has 1 N–H and O–H groups in total. The van der Waals surface area contributed by atoms with Gasteiger partial charge in [0.15, 0.2) is 0 Å². The van der Waals surface area contributed by atoms with Crippen molar-refractivity contribution >= 4 is 38.2 Å². The van der Waals surface area contributed by atoms with Crippen LogP contribution in [-0.4, -0.2) is 51.9 Å². The Kier molecular flexibility index (Phi) is 5.31. The number of aryl methyl sites for hydroxylation is 2. The monoisotopic (exact) mass is 446 g/mol. The van der Waals surface area contributed by atoms with Crippen molar-refractivity contribution in [2.75, 3.05) is 26.2 Å². The lowest BCUT2D eigenvalue weighted by atomic mass is 10.0. The van der Waals surface area contributed by atoms with E-state index in [0.29, 0.717) is 24.3 Å². The standard InChI is InChI=1S/C25H26N4O2S/c1-15-17(3)32-24-21(15)23(30)26-22(27-24)16(2)28-11-13-29(14-12-28)25(31)20-10-6-8-18-7-4-5-9-19(18)20/h4-10,16H,11-14H2,1-3H3,(H,26,27,30)/t16-/m0/s1. The Hall–Kier alpha value is -3.03. The molecule has 1 saturated heterocycles. The van der Waals surface area contributed by atoms with E-state index < -0.39 is 0 Å². The Balaban J connectivity index is 1.33. The lowest BCUT2D eigenvalue weighted by molar-refractivity contribution is 0.0577. The molecule has 2 aromatic heterocycles. The molecule has 1 atom stereocenters. The van der Waals surface area contributed by atoms with E-state index in [-0.39, 0.29) is 17.5 Å². The van der Waals surface area contributed by atoms with Crippen molar-refractivity contribution in [3.63, 3.8) is 0 Å². The first-order valence-corrected chi connectivity index (χ1v) is 11.8. The van der Waals surface area contributed by atoms with Gasteiger partial charge in [-0.3, -0.25) is 14.5 Å². The van der Waals surface area contributed by atoms with Crippen LogP contribution >= 0.6 is 11.3 Å². The van der Waals surface area contributed by atoms with Gasteiger partial charge in [0.1, 0.15) is 10.7 Å². The van der Waals surface area contributed by atoms with Crippen molar-refractivity contribution in [3.8, 4) is 0 Å². The molecule has 0 bridgehead atoms. The molecule has 164 valence electrons. The predicted molar refractivity (Wildman–Crippen MR) is 130 cm³/mol. The summed E-state index contributed by atoms with van der Waals surface area (Å²) in [6.45, 7) is 8.84. The van der Waals surface area contributed by atoms with Crippen molar-refractivity contribution < 1.29 is 4.79 Å².